The van der Waals surface area contributed by atoms with E-state index < -0.39 is 0 Å². The lowest BCUT2D eigenvalue weighted by molar-refractivity contribution is -0.128. The van der Waals surface area contributed by atoms with Gasteiger partial charge in [0.25, 0.3) is 0 Å². The van der Waals surface area contributed by atoms with Crippen molar-refractivity contribution in [1.82, 2.24) is 10.2 Å². The minimum Gasteiger partial charge on any atom is -0.354 e. The number of likely N-dealkylation sites (N-methyl/N-ethyl adjacent to an activating group) is 1. The van der Waals surface area contributed by atoms with E-state index in [2.05, 4.69) is 5.32 Å². The van der Waals surface area contributed by atoms with E-state index in [9.17, 15) is 9.59 Å². The Hall–Kier alpha value is -1.88. The number of benzene rings is 1. The number of amides is 2. The van der Waals surface area contributed by atoms with E-state index in [-0.39, 0.29) is 17.9 Å². The highest BCUT2D eigenvalue weighted by atomic mass is 16.2. The number of nitrogens with one attached hydrogen (secondary N) is 1. The number of carbonyl (C=O) groups excluding carboxylic acids is 2. The van der Waals surface area contributed by atoms with Crippen molar-refractivity contribution >= 4 is 17.5 Å². The van der Waals surface area contributed by atoms with E-state index in [1.165, 1.54) is 0 Å². The molecule has 1 aliphatic heterocycles. The van der Waals surface area contributed by atoms with E-state index in [0.29, 0.717) is 26.2 Å². The quantitative estimate of drug-likeness (QED) is 0.886. The molecule has 2 rings (SSSR count). The minimum absolute atomic E-state index is 0.0151. The lowest BCUT2D eigenvalue weighted by Gasteiger charge is -2.34. The first-order valence-electron chi connectivity index (χ1n) is 7.00. The molecule has 1 heterocycles. The van der Waals surface area contributed by atoms with Crippen molar-refractivity contribution in [2.75, 3.05) is 31.1 Å². The van der Waals surface area contributed by atoms with Gasteiger partial charge in [-0.25, -0.2) is 0 Å². The second kappa shape index (κ2) is 6.52. The second-order valence-electron chi connectivity index (χ2n) is 4.91. The molecule has 0 unspecified atom stereocenters. The van der Waals surface area contributed by atoms with Crippen LogP contribution in [0.3, 0.4) is 0 Å². The Morgan fingerprint density at radius 3 is 2.70 bits per heavy atom. The summed E-state index contributed by atoms with van der Waals surface area (Å²) >= 11 is 0. The standard InChI is InChI=1S/C15H21N3O2/c1-3-18(13-7-5-4-6-8-13)15(20)12(2)17-10-9-16-14(19)11-17/h4-8,12H,3,9-11H2,1-2H3,(H,16,19)/t12-/m0/s1. The molecule has 0 aliphatic carbocycles. The van der Waals surface area contributed by atoms with Crippen LogP contribution in [0, 0.1) is 0 Å². The summed E-state index contributed by atoms with van der Waals surface area (Å²) in [6, 6.07) is 9.34. The van der Waals surface area contributed by atoms with Gasteiger partial charge in [-0.05, 0) is 26.0 Å². The molecule has 1 atom stereocenters. The fourth-order valence-electron chi connectivity index (χ4n) is 2.44. The van der Waals surface area contributed by atoms with Crippen LogP contribution in [0.4, 0.5) is 5.69 Å². The van der Waals surface area contributed by atoms with E-state index in [0.717, 1.165) is 5.69 Å². The van der Waals surface area contributed by atoms with Crippen molar-refractivity contribution in [3.63, 3.8) is 0 Å². The van der Waals surface area contributed by atoms with Crippen LogP contribution in [0.2, 0.25) is 0 Å². The van der Waals surface area contributed by atoms with E-state index in [4.69, 9.17) is 0 Å². The zero-order chi connectivity index (χ0) is 14.5. The summed E-state index contributed by atoms with van der Waals surface area (Å²) in [6.45, 7) is 6.05. The van der Waals surface area contributed by atoms with Crippen LogP contribution < -0.4 is 10.2 Å². The number of hydrogen-bond acceptors (Lipinski definition) is 3. The van der Waals surface area contributed by atoms with Gasteiger partial charge < -0.3 is 10.2 Å². The third-order valence-electron chi connectivity index (χ3n) is 3.62. The SMILES string of the molecule is CCN(C(=O)[C@H](C)N1CCNC(=O)C1)c1ccccc1. The molecule has 1 fully saturated rings. The predicted octanol–water partition coefficient (Wildman–Crippen LogP) is 0.860. The topological polar surface area (TPSA) is 52.7 Å². The Morgan fingerprint density at radius 1 is 1.40 bits per heavy atom. The molecule has 0 saturated carbocycles. The number of nitrogens with zero attached hydrogens (tertiary/aromatic N) is 2. The van der Waals surface area contributed by atoms with Gasteiger partial charge in [0.05, 0.1) is 12.6 Å². The molecule has 1 N–H and O–H groups in total. The summed E-state index contributed by atoms with van der Waals surface area (Å²) in [5, 5.41) is 2.78. The molecule has 1 aliphatic rings. The molecule has 0 bridgehead atoms. The Kier molecular flexibility index (Phi) is 4.74. The molecule has 0 spiro atoms. The molecule has 2 amide bonds. The Morgan fingerprint density at radius 2 is 2.10 bits per heavy atom. The van der Waals surface area contributed by atoms with Crippen LogP contribution >= 0.6 is 0 Å². The fourth-order valence-corrected chi connectivity index (χ4v) is 2.44. The normalized spacial score (nSPS) is 17.4. The first-order chi connectivity index (χ1) is 9.63. The van der Waals surface area contributed by atoms with E-state index in [1.807, 2.05) is 49.1 Å². The monoisotopic (exact) mass is 275 g/mol. The summed E-state index contributed by atoms with van der Waals surface area (Å²) in [4.78, 5) is 27.7. The number of anilines is 1. The van der Waals surface area contributed by atoms with Crippen molar-refractivity contribution in [2.24, 2.45) is 0 Å². The molecule has 20 heavy (non-hydrogen) atoms. The first kappa shape index (κ1) is 14.5. The van der Waals surface area contributed by atoms with Gasteiger partial charge in [0.1, 0.15) is 0 Å². The summed E-state index contributed by atoms with van der Waals surface area (Å²) in [5.74, 6) is 0.0204. The molecule has 5 nitrogen and oxygen atoms in total. The maximum atomic E-state index is 12.6. The predicted molar refractivity (Wildman–Crippen MR) is 78.5 cm³/mol. The van der Waals surface area contributed by atoms with E-state index >= 15 is 0 Å². The van der Waals surface area contributed by atoms with Crippen molar-refractivity contribution in [1.29, 1.82) is 0 Å². The molecular weight excluding hydrogens is 254 g/mol. The third-order valence-corrected chi connectivity index (χ3v) is 3.62. The third kappa shape index (κ3) is 3.17. The number of rotatable bonds is 4. The number of carbonyl (C=O) groups is 2. The molecule has 0 aromatic heterocycles. The maximum Gasteiger partial charge on any atom is 0.244 e. The highest BCUT2D eigenvalue weighted by Gasteiger charge is 2.29. The number of para-hydroxylation sites is 1. The summed E-state index contributed by atoms with van der Waals surface area (Å²) in [6.07, 6.45) is 0. The smallest absolute Gasteiger partial charge is 0.244 e. The van der Waals surface area contributed by atoms with Gasteiger partial charge in [0.2, 0.25) is 11.8 Å². The molecule has 1 aromatic rings. The van der Waals surface area contributed by atoms with Gasteiger partial charge in [0.15, 0.2) is 0 Å². The van der Waals surface area contributed by atoms with Crippen LogP contribution in [0.1, 0.15) is 13.8 Å². The van der Waals surface area contributed by atoms with Gasteiger partial charge in [-0.2, -0.15) is 0 Å². The number of piperazine rings is 1. The first-order valence-corrected chi connectivity index (χ1v) is 7.00. The molecule has 5 heteroatoms. The van der Waals surface area contributed by atoms with Gasteiger partial charge in [0, 0.05) is 25.3 Å². The summed E-state index contributed by atoms with van der Waals surface area (Å²) in [5.41, 5.74) is 0.897. The van der Waals surface area contributed by atoms with Crippen LogP contribution in [-0.4, -0.2) is 48.9 Å². The molecule has 0 radical (unpaired) electrons. The average Bonchev–Trinajstić information content (AvgIpc) is 2.48. The van der Waals surface area contributed by atoms with Crippen molar-refractivity contribution < 1.29 is 9.59 Å². The highest BCUT2D eigenvalue weighted by Crippen LogP contribution is 2.16. The van der Waals surface area contributed by atoms with Gasteiger partial charge in [-0.15, -0.1) is 0 Å². The van der Waals surface area contributed by atoms with Gasteiger partial charge >= 0.3 is 0 Å². The fraction of sp³-hybridized carbons (Fsp3) is 0.467. The zero-order valence-electron chi connectivity index (χ0n) is 12.0. The van der Waals surface area contributed by atoms with Crippen LogP contribution in [-0.2, 0) is 9.59 Å². The van der Waals surface area contributed by atoms with Crippen LogP contribution in [0.5, 0.6) is 0 Å². The maximum absolute atomic E-state index is 12.6. The highest BCUT2D eigenvalue weighted by molar-refractivity contribution is 5.97. The Bertz CT molecular complexity index is 475. The van der Waals surface area contributed by atoms with Crippen LogP contribution in [0.25, 0.3) is 0 Å². The van der Waals surface area contributed by atoms with Crippen LogP contribution in [0.15, 0.2) is 30.3 Å². The molecular formula is C15H21N3O2. The Labute approximate surface area is 119 Å². The van der Waals surface area contributed by atoms with Gasteiger partial charge in [-0.1, -0.05) is 18.2 Å². The lowest BCUT2D eigenvalue weighted by Crippen LogP contribution is -2.55. The largest absolute Gasteiger partial charge is 0.354 e. The summed E-state index contributed by atoms with van der Waals surface area (Å²) in [7, 11) is 0. The van der Waals surface area contributed by atoms with Crippen molar-refractivity contribution in [2.45, 2.75) is 19.9 Å². The van der Waals surface area contributed by atoms with E-state index in [1.54, 1.807) is 4.90 Å². The second-order valence-corrected chi connectivity index (χ2v) is 4.91. The van der Waals surface area contributed by atoms with Crippen molar-refractivity contribution in [3.05, 3.63) is 30.3 Å². The molecule has 108 valence electrons. The molecule has 1 aromatic carbocycles. The lowest BCUT2D eigenvalue weighted by atomic mass is 10.2. The van der Waals surface area contributed by atoms with Gasteiger partial charge in [-0.3, -0.25) is 14.5 Å². The average molecular weight is 275 g/mol. The molecule has 1 saturated heterocycles. The number of hydrogen-bond donors (Lipinski definition) is 1. The summed E-state index contributed by atoms with van der Waals surface area (Å²) < 4.78 is 0. The zero-order valence-corrected chi connectivity index (χ0v) is 12.0. The van der Waals surface area contributed by atoms with Crippen molar-refractivity contribution in [3.8, 4) is 0 Å². The minimum atomic E-state index is -0.291. The Balaban J connectivity index is 2.10.